The molecular weight excluding hydrogens is 158 g/mol. The highest BCUT2D eigenvalue weighted by Crippen LogP contribution is 2.20. The Morgan fingerprint density at radius 1 is 1.83 bits per heavy atom. The van der Waals surface area contributed by atoms with Gasteiger partial charge in [0.15, 0.2) is 5.82 Å². The van der Waals surface area contributed by atoms with E-state index in [-0.39, 0.29) is 5.69 Å². The largest absolute Gasteiger partial charge is 0.362 e. The second kappa shape index (κ2) is 3.56. The van der Waals surface area contributed by atoms with Gasteiger partial charge in [0.05, 0.1) is 4.92 Å². The van der Waals surface area contributed by atoms with Gasteiger partial charge in [0.2, 0.25) is 0 Å². The van der Waals surface area contributed by atoms with Crippen LogP contribution in [0.25, 0.3) is 0 Å². The molecule has 0 bridgehead atoms. The van der Waals surface area contributed by atoms with Gasteiger partial charge in [-0.15, -0.1) is 6.58 Å². The second-order valence-corrected chi connectivity index (χ2v) is 2.16. The van der Waals surface area contributed by atoms with Gasteiger partial charge in [-0.05, 0) is 0 Å². The number of aromatic nitrogens is 1. The summed E-state index contributed by atoms with van der Waals surface area (Å²) in [5.41, 5.74) is 0.0526. The molecule has 5 nitrogen and oxygen atoms in total. The third-order valence-electron chi connectivity index (χ3n) is 1.34. The van der Waals surface area contributed by atoms with Crippen LogP contribution >= 0.6 is 0 Å². The standard InChI is InChI=1S/C7H9N3O2/c1-2-4-8-7-6(10(11)12)3-5-9-7/h2-3,5,8-9H,1,4H2. The highest BCUT2D eigenvalue weighted by molar-refractivity contribution is 5.56. The van der Waals surface area contributed by atoms with Gasteiger partial charge in [-0.1, -0.05) is 6.08 Å². The van der Waals surface area contributed by atoms with E-state index in [4.69, 9.17) is 0 Å². The quantitative estimate of drug-likeness (QED) is 0.405. The minimum Gasteiger partial charge on any atom is -0.362 e. The van der Waals surface area contributed by atoms with Gasteiger partial charge < -0.3 is 10.3 Å². The van der Waals surface area contributed by atoms with Crippen molar-refractivity contribution in [3.05, 3.63) is 35.0 Å². The number of anilines is 1. The van der Waals surface area contributed by atoms with Crippen LogP contribution in [0.4, 0.5) is 11.5 Å². The summed E-state index contributed by atoms with van der Waals surface area (Å²) in [4.78, 5) is 12.6. The van der Waals surface area contributed by atoms with E-state index in [2.05, 4.69) is 16.9 Å². The van der Waals surface area contributed by atoms with E-state index in [0.29, 0.717) is 12.4 Å². The third-order valence-corrected chi connectivity index (χ3v) is 1.34. The first-order chi connectivity index (χ1) is 5.75. The molecule has 0 saturated carbocycles. The molecule has 0 spiro atoms. The maximum Gasteiger partial charge on any atom is 0.310 e. The Morgan fingerprint density at radius 2 is 2.58 bits per heavy atom. The lowest BCUT2D eigenvalue weighted by molar-refractivity contribution is -0.383. The van der Waals surface area contributed by atoms with Crippen LogP contribution in [0.1, 0.15) is 0 Å². The lowest BCUT2D eigenvalue weighted by Crippen LogP contribution is -2.00. The molecule has 5 heteroatoms. The Balaban J connectivity index is 2.76. The van der Waals surface area contributed by atoms with Crippen LogP contribution in [0.5, 0.6) is 0 Å². The molecule has 1 aromatic heterocycles. The zero-order valence-corrected chi connectivity index (χ0v) is 6.41. The van der Waals surface area contributed by atoms with Gasteiger partial charge in [0.25, 0.3) is 0 Å². The fourth-order valence-electron chi connectivity index (χ4n) is 0.829. The average molecular weight is 167 g/mol. The zero-order chi connectivity index (χ0) is 8.97. The number of aromatic amines is 1. The van der Waals surface area contributed by atoms with E-state index in [1.54, 1.807) is 6.08 Å². The topological polar surface area (TPSA) is 71.0 Å². The van der Waals surface area contributed by atoms with Crippen molar-refractivity contribution in [3.8, 4) is 0 Å². The van der Waals surface area contributed by atoms with E-state index in [1.807, 2.05) is 0 Å². The summed E-state index contributed by atoms with van der Waals surface area (Å²) in [5, 5.41) is 13.2. The van der Waals surface area contributed by atoms with Crippen molar-refractivity contribution in [2.45, 2.75) is 0 Å². The van der Waals surface area contributed by atoms with Crippen LogP contribution in [0, 0.1) is 10.1 Å². The van der Waals surface area contributed by atoms with Crippen molar-refractivity contribution in [1.82, 2.24) is 4.98 Å². The van der Waals surface area contributed by atoms with Gasteiger partial charge >= 0.3 is 5.69 Å². The van der Waals surface area contributed by atoms with Crippen LogP contribution in [0.2, 0.25) is 0 Å². The Hall–Kier alpha value is -1.78. The van der Waals surface area contributed by atoms with E-state index in [0.717, 1.165) is 0 Å². The van der Waals surface area contributed by atoms with Crippen LogP contribution in [0.3, 0.4) is 0 Å². The van der Waals surface area contributed by atoms with Gasteiger partial charge in [0, 0.05) is 18.8 Å². The molecule has 0 radical (unpaired) electrons. The van der Waals surface area contributed by atoms with E-state index in [1.165, 1.54) is 12.3 Å². The van der Waals surface area contributed by atoms with E-state index in [9.17, 15) is 10.1 Å². The number of nitrogens with one attached hydrogen (secondary N) is 2. The summed E-state index contributed by atoms with van der Waals surface area (Å²) >= 11 is 0. The highest BCUT2D eigenvalue weighted by Gasteiger charge is 2.12. The predicted octanol–water partition coefficient (Wildman–Crippen LogP) is 1.52. The Labute approximate surface area is 69.2 Å². The molecule has 0 amide bonds. The lowest BCUT2D eigenvalue weighted by atomic mass is 10.5. The summed E-state index contributed by atoms with van der Waals surface area (Å²) in [6.07, 6.45) is 3.15. The number of H-pyrrole nitrogens is 1. The lowest BCUT2D eigenvalue weighted by Gasteiger charge is -1.97. The molecule has 1 rings (SSSR count). The maximum absolute atomic E-state index is 10.4. The minimum atomic E-state index is -0.443. The summed E-state index contributed by atoms with van der Waals surface area (Å²) in [5.74, 6) is 0.417. The summed E-state index contributed by atoms with van der Waals surface area (Å²) in [6, 6.07) is 1.41. The van der Waals surface area contributed by atoms with Gasteiger partial charge in [-0.25, -0.2) is 0 Å². The molecule has 12 heavy (non-hydrogen) atoms. The molecule has 0 aliphatic heterocycles. The fraction of sp³-hybridized carbons (Fsp3) is 0.143. The van der Waals surface area contributed by atoms with E-state index >= 15 is 0 Å². The monoisotopic (exact) mass is 167 g/mol. The van der Waals surface area contributed by atoms with Crippen molar-refractivity contribution < 1.29 is 4.92 Å². The molecule has 0 atom stereocenters. The van der Waals surface area contributed by atoms with Gasteiger partial charge in [-0.2, -0.15) is 0 Å². The Morgan fingerprint density at radius 3 is 3.17 bits per heavy atom. The molecule has 0 aromatic carbocycles. The number of hydrogen-bond donors (Lipinski definition) is 2. The van der Waals surface area contributed by atoms with Crippen LogP contribution in [-0.4, -0.2) is 16.5 Å². The molecule has 2 N–H and O–H groups in total. The molecule has 0 aliphatic carbocycles. The number of nitrogens with zero attached hydrogens (tertiary/aromatic N) is 1. The molecule has 1 heterocycles. The van der Waals surface area contributed by atoms with Gasteiger partial charge in [0.1, 0.15) is 0 Å². The highest BCUT2D eigenvalue weighted by atomic mass is 16.6. The van der Waals surface area contributed by atoms with Crippen molar-refractivity contribution in [3.63, 3.8) is 0 Å². The molecular formula is C7H9N3O2. The van der Waals surface area contributed by atoms with E-state index < -0.39 is 4.92 Å². The van der Waals surface area contributed by atoms with Crippen LogP contribution < -0.4 is 5.32 Å². The van der Waals surface area contributed by atoms with Crippen molar-refractivity contribution in [2.24, 2.45) is 0 Å². The van der Waals surface area contributed by atoms with Crippen LogP contribution in [-0.2, 0) is 0 Å². The molecule has 0 unspecified atom stereocenters. The molecule has 0 saturated heterocycles. The molecule has 64 valence electrons. The normalized spacial score (nSPS) is 9.33. The first-order valence-electron chi connectivity index (χ1n) is 3.42. The predicted molar refractivity (Wildman–Crippen MR) is 46.1 cm³/mol. The molecule has 0 fully saturated rings. The molecule has 1 aromatic rings. The number of rotatable bonds is 4. The Bertz CT molecular complexity index is 293. The first-order valence-corrected chi connectivity index (χ1v) is 3.42. The smallest absolute Gasteiger partial charge is 0.310 e. The van der Waals surface area contributed by atoms with Crippen molar-refractivity contribution >= 4 is 11.5 Å². The maximum atomic E-state index is 10.4. The average Bonchev–Trinajstić information content (AvgIpc) is 2.48. The van der Waals surface area contributed by atoms with Crippen LogP contribution in [0.15, 0.2) is 24.9 Å². The molecule has 0 aliphatic rings. The first kappa shape index (κ1) is 8.32. The number of hydrogen-bond acceptors (Lipinski definition) is 3. The Kier molecular flexibility index (Phi) is 2.47. The zero-order valence-electron chi connectivity index (χ0n) is 6.41. The summed E-state index contributed by atoms with van der Waals surface area (Å²) in [7, 11) is 0. The number of nitro groups is 1. The summed E-state index contributed by atoms with van der Waals surface area (Å²) in [6.45, 7) is 3.99. The minimum absolute atomic E-state index is 0.0526. The van der Waals surface area contributed by atoms with Gasteiger partial charge in [-0.3, -0.25) is 10.1 Å². The SMILES string of the molecule is C=CCNc1[nH]ccc1[N+](=O)[O-]. The fourth-order valence-corrected chi connectivity index (χ4v) is 0.829. The summed E-state index contributed by atoms with van der Waals surface area (Å²) < 4.78 is 0. The second-order valence-electron chi connectivity index (χ2n) is 2.16. The van der Waals surface area contributed by atoms with Crippen molar-refractivity contribution in [1.29, 1.82) is 0 Å². The third kappa shape index (κ3) is 1.63. The van der Waals surface area contributed by atoms with Crippen molar-refractivity contribution in [2.75, 3.05) is 11.9 Å².